The number of nitrogen functional groups attached to an aromatic ring is 1. The normalized spacial score (nSPS) is 14.5. The molecule has 2 aromatic carbocycles. The summed E-state index contributed by atoms with van der Waals surface area (Å²) in [5.74, 6) is 0.214. The first-order valence-electron chi connectivity index (χ1n) is 11.7. The number of nitrogens with two attached hydrogens (primary N) is 1. The Hall–Kier alpha value is -4.57. The number of nitrogens with one attached hydrogen (secondary N) is 3. The number of anilines is 3. The summed E-state index contributed by atoms with van der Waals surface area (Å²) in [4.78, 5) is 40.8. The second-order valence-corrected chi connectivity index (χ2v) is 9.01. The number of benzene rings is 2. The number of amides is 1. The van der Waals surface area contributed by atoms with Crippen LogP contribution in [-0.4, -0.2) is 59.0 Å². The van der Waals surface area contributed by atoms with Crippen molar-refractivity contribution in [3.05, 3.63) is 70.9 Å². The third-order valence-corrected chi connectivity index (χ3v) is 6.63. The van der Waals surface area contributed by atoms with Crippen molar-refractivity contribution in [3.63, 3.8) is 0 Å². The van der Waals surface area contributed by atoms with E-state index in [9.17, 15) is 9.59 Å². The van der Waals surface area contributed by atoms with Gasteiger partial charge in [-0.25, -0.2) is 4.98 Å². The van der Waals surface area contributed by atoms with Gasteiger partial charge in [0.25, 0.3) is 11.5 Å². The van der Waals surface area contributed by atoms with E-state index in [4.69, 9.17) is 10.2 Å². The van der Waals surface area contributed by atoms with E-state index in [0.717, 1.165) is 42.9 Å². The van der Waals surface area contributed by atoms with Gasteiger partial charge >= 0.3 is 0 Å². The van der Waals surface area contributed by atoms with Gasteiger partial charge in [-0.2, -0.15) is 0 Å². The number of hydrogen-bond donors (Lipinski definition) is 4. The number of furan rings is 1. The highest BCUT2D eigenvalue weighted by atomic mass is 16.3. The van der Waals surface area contributed by atoms with Crippen molar-refractivity contribution in [2.45, 2.75) is 0 Å². The molecule has 10 nitrogen and oxygen atoms in total. The molecule has 0 radical (unpaired) electrons. The molecule has 3 aromatic heterocycles. The minimum atomic E-state index is -0.379. The Morgan fingerprint density at radius 1 is 1.06 bits per heavy atom. The van der Waals surface area contributed by atoms with Crippen LogP contribution < -0.4 is 21.5 Å². The second kappa shape index (κ2) is 8.58. The number of hydrogen-bond acceptors (Lipinski definition) is 7. The molecule has 0 unspecified atom stereocenters. The third-order valence-electron chi connectivity index (χ3n) is 6.63. The van der Waals surface area contributed by atoms with E-state index in [1.54, 1.807) is 30.3 Å². The topological polar surface area (TPSA) is 136 Å². The smallest absolute Gasteiger partial charge is 0.291 e. The molecule has 5 N–H and O–H groups in total. The van der Waals surface area contributed by atoms with E-state index < -0.39 is 0 Å². The third kappa shape index (κ3) is 3.87. The predicted molar refractivity (Wildman–Crippen MR) is 140 cm³/mol. The molecule has 1 saturated heterocycles. The van der Waals surface area contributed by atoms with Crippen LogP contribution in [0.25, 0.3) is 33.3 Å². The molecule has 0 atom stereocenters. The van der Waals surface area contributed by atoms with Crippen molar-refractivity contribution >= 4 is 44.9 Å². The molecule has 5 aromatic rings. The van der Waals surface area contributed by atoms with Crippen LogP contribution in [0, 0.1) is 0 Å². The van der Waals surface area contributed by atoms with Crippen molar-refractivity contribution in [2.75, 3.05) is 49.2 Å². The van der Waals surface area contributed by atoms with Gasteiger partial charge in [0.1, 0.15) is 11.4 Å². The fourth-order valence-electron chi connectivity index (χ4n) is 4.61. The molecular weight excluding hydrogens is 458 g/mol. The van der Waals surface area contributed by atoms with E-state index in [-0.39, 0.29) is 28.5 Å². The lowest BCUT2D eigenvalue weighted by atomic mass is 10.1. The number of rotatable bonds is 4. The molecule has 0 bridgehead atoms. The van der Waals surface area contributed by atoms with Gasteiger partial charge in [0, 0.05) is 42.9 Å². The molecule has 1 aliphatic heterocycles. The number of aromatic amines is 2. The lowest BCUT2D eigenvalue weighted by molar-refractivity contribution is 0.0996. The van der Waals surface area contributed by atoms with Gasteiger partial charge in [0.15, 0.2) is 5.76 Å². The minimum Gasteiger partial charge on any atom is -0.459 e. The number of fused-ring (bicyclic) bond motifs is 2. The zero-order chi connectivity index (χ0) is 24.8. The number of nitrogens with zero attached hydrogens (tertiary/aromatic N) is 3. The number of aromatic nitrogens is 3. The Kier molecular flexibility index (Phi) is 5.23. The van der Waals surface area contributed by atoms with Gasteiger partial charge in [-0.3, -0.25) is 9.59 Å². The van der Waals surface area contributed by atoms with E-state index in [2.05, 4.69) is 49.2 Å². The quantitative estimate of drug-likeness (QED) is 0.308. The van der Waals surface area contributed by atoms with Crippen molar-refractivity contribution < 1.29 is 9.21 Å². The summed E-state index contributed by atoms with van der Waals surface area (Å²) in [5.41, 5.74) is 10.5. The summed E-state index contributed by atoms with van der Waals surface area (Å²) in [6.45, 7) is 3.94. The Bertz CT molecular complexity index is 1640. The molecule has 0 spiro atoms. The maximum atomic E-state index is 13.0. The summed E-state index contributed by atoms with van der Waals surface area (Å²) in [6.07, 6.45) is 1.44. The van der Waals surface area contributed by atoms with Crippen LogP contribution in [0.15, 0.2) is 64.0 Å². The van der Waals surface area contributed by atoms with Gasteiger partial charge in [0.05, 0.1) is 28.5 Å². The van der Waals surface area contributed by atoms with Crippen molar-refractivity contribution in [3.8, 4) is 11.4 Å². The van der Waals surface area contributed by atoms with Crippen LogP contribution >= 0.6 is 0 Å². The van der Waals surface area contributed by atoms with E-state index in [1.807, 2.05) is 6.07 Å². The molecule has 1 aliphatic rings. The number of imidazole rings is 1. The number of likely N-dealkylation sites (N-methyl/N-ethyl adjacent to an activating group) is 1. The van der Waals surface area contributed by atoms with Crippen LogP contribution in [0.1, 0.15) is 10.6 Å². The standard InChI is InChI=1S/C26H25N7O3/c1-32-8-10-33(11-9-32)16-5-7-19-20(14-16)30-24(29-19)22-23(27)17-13-15(4-6-18(17)31-26(22)35)28-25(34)21-3-2-12-36-21/h2-7,12-14H,8-11H2,1H3,(H,28,34)(H,29,30)(H3,27,31,35). The molecule has 6 rings (SSSR count). The number of pyridine rings is 1. The van der Waals surface area contributed by atoms with Crippen LogP contribution in [0.3, 0.4) is 0 Å². The average molecular weight is 484 g/mol. The second-order valence-electron chi connectivity index (χ2n) is 9.01. The molecule has 182 valence electrons. The van der Waals surface area contributed by atoms with E-state index in [0.29, 0.717) is 22.4 Å². The molecule has 0 saturated carbocycles. The average Bonchev–Trinajstić information content (AvgIpc) is 3.55. The molecule has 4 heterocycles. The molecule has 1 amide bonds. The highest BCUT2D eigenvalue weighted by Crippen LogP contribution is 2.31. The minimum absolute atomic E-state index is 0.198. The van der Waals surface area contributed by atoms with Crippen molar-refractivity contribution in [1.29, 1.82) is 0 Å². The van der Waals surface area contributed by atoms with E-state index >= 15 is 0 Å². The summed E-state index contributed by atoms with van der Waals surface area (Å²) < 4.78 is 5.15. The molecule has 10 heteroatoms. The highest BCUT2D eigenvalue weighted by Gasteiger charge is 2.19. The lowest BCUT2D eigenvalue weighted by Crippen LogP contribution is -2.44. The zero-order valence-electron chi connectivity index (χ0n) is 19.7. The van der Waals surface area contributed by atoms with Gasteiger partial charge < -0.3 is 35.2 Å². The van der Waals surface area contributed by atoms with Crippen molar-refractivity contribution in [2.24, 2.45) is 0 Å². The summed E-state index contributed by atoms with van der Waals surface area (Å²) >= 11 is 0. The van der Waals surface area contributed by atoms with Crippen LogP contribution in [-0.2, 0) is 0 Å². The van der Waals surface area contributed by atoms with Crippen LogP contribution in [0.2, 0.25) is 0 Å². The summed E-state index contributed by atoms with van der Waals surface area (Å²) in [6, 6.07) is 14.4. The fourth-order valence-corrected chi connectivity index (χ4v) is 4.61. The number of carbonyl (C=O) groups is 1. The van der Waals surface area contributed by atoms with Gasteiger partial charge in [-0.1, -0.05) is 0 Å². The van der Waals surface area contributed by atoms with Crippen molar-refractivity contribution in [1.82, 2.24) is 19.9 Å². The van der Waals surface area contributed by atoms with Crippen LogP contribution in [0.4, 0.5) is 17.1 Å². The van der Waals surface area contributed by atoms with Gasteiger partial charge in [-0.05, 0) is 55.6 Å². The molecule has 36 heavy (non-hydrogen) atoms. The largest absolute Gasteiger partial charge is 0.459 e. The van der Waals surface area contributed by atoms with Gasteiger partial charge in [-0.15, -0.1) is 0 Å². The Morgan fingerprint density at radius 3 is 2.67 bits per heavy atom. The summed E-state index contributed by atoms with van der Waals surface area (Å²) in [5, 5.41) is 3.39. The maximum Gasteiger partial charge on any atom is 0.291 e. The van der Waals surface area contributed by atoms with E-state index in [1.165, 1.54) is 6.26 Å². The zero-order valence-corrected chi connectivity index (χ0v) is 19.7. The maximum absolute atomic E-state index is 13.0. The van der Waals surface area contributed by atoms with Crippen LogP contribution in [0.5, 0.6) is 0 Å². The lowest BCUT2D eigenvalue weighted by Gasteiger charge is -2.34. The number of carbonyl (C=O) groups excluding carboxylic acids is 1. The fraction of sp³-hybridized carbons (Fsp3) is 0.192. The molecule has 0 aliphatic carbocycles. The highest BCUT2D eigenvalue weighted by molar-refractivity contribution is 6.05. The predicted octanol–water partition coefficient (Wildman–Crippen LogP) is 3.25. The number of H-pyrrole nitrogens is 2. The Morgan fingerprint density at radius 2 is 1.89 bits per heavy atom. The first-order valence-corrected chi connectivity index (χ1v) is 11.7. The Labute approximate surface area is 205 Å². The first kappa shape index (κ1) is 21.9. The number of piperazine rings is 1. The SMILES string of the molecule is CN1CCN(c2ccc3nc(-c4c(N)c5cc(NC(=O)c6ccco6)ccc5[nH]c4=O)[nH]c3c2)CC1. The monoisotopic (exact) mass is 483 g/mol. The Balaban J connectivity index is 1.36. The van der Waals surface area contributed by atoms with Gasteiger partial charge in [0.2, 0.25) is 0 Å². The molecule has 1 fully saturated rings. The summed E-state index contributed by atoms with van der Waals surface area (Å²) in [7, 11) is 2.13. The molecular formula is C26H25N7O3. The first-order chi connectivity index (χ1) is 17.5.